The summed E-state index contributed by atoms with van der Waals surface area (Å²) in [4.78, 5) is 23.6. The maximum absolute atomic E-state index is 12.9. The number of ether oxygens (including phenoxy) is 1. The summed E-state index contributed by atoms with van der Waals surface area (Å²) >= 11 is 1.24. The Kier molecular flexibility index (Phi) is 5.31. The number of fused-ring (bicyclic) bond motifs is 1. The minimum atomic E-state index is -3.78. The minimum Gasteiger partial charge on any atom is -0.481 e. The summed E-state index contributed by atoms with van der Waals surface area (Å²) < 4.78 is 32.8. The molecule has 9 heteroatoms. The van der Waals surface area contributed by atoms with E-state index >= 15 is 0 Å². The normalized spacial score (nSPS) is 18.7. The number of piperidine rings is 1. The topological polar surface area (TPSA) is 101 Å². The van der Waals surface area contributed by atoms with Gasteiger partial charge in [-0.1, -0.05) is 0 Å². The number of carboxylic acid groups (broad SMARTS) is 1. The van der Waals surface area contributed by atoms with Gasteiger partial charge < -0.3 is 9.84 Å². The molecule has 1 aliphatic rings. The van der Waals surface area contributed by atoms with Crippen molar-refractivity contribution in [1.29, 1.82) is 0 Å². The van der Waals surface area contributed by atoms with Crippen molar-refractivity contribution in [3.05, 3.63) is 29.1 Å². The van der Waals surface area contributed by atoms with Crippen molar-refractivity contribution in [2.75, 3.05) is 19.7 Å². The number of carbonyl (C=O) groups is 2. The van der Waals surface area contributed by atoms with Gasteiger partial charge in [-0.15, -0.1) is 11.3 Å². The number of nitrogens with zero attached hydrogens (tertiary/aromatic N) is 1. The lowest BCUT2D eigenvalue weighted by molar-refractivity contribution is -0.142. The number of carbonyl (C=O) groups excluding carboxylic acids is 1. The van der Waals surface area contributed by atoms with E-state index in [0.29, 0.717) is 29.6 Å². The van der Waals surface area contributed by atoms with Gasteiger partial charge in [0.25, 0.3) is 0 Å². The van der Waals surface area contributed by atoms with E-state index in [1.807, 2.05) is 0 Å². The number of carboxylic acids is 1. The van der Waals surface area contributed by atoms with Gasteiger partial charge in [0.05, 0.1) is 17.4 Å². The molecule has 26 heavy (non-hydrogen) atoms. The third-order valence-electron chi connectivity index (χ3n) is 4.34. The molecule has 140 valence electrons. The van der Waals surface area contributed by atoms with Gasteiger partial charge >= 0.3 is 11.9 Å². The number of esters is 1. The van der Waals surface area contributed by atoms with Gasteiger partial charge in [-0.25, -0.2) is 13.2 Å². The molecule has 1 fully saturated rings. The van der Waals surface area contributed by atoms with Crippen molar-refractivity contribution in [1.82, 2.24) is 4.31 Å². The third kappa shape index (κ3) is 3.60. The summed E-state index contributed by atoms with van der Waals surface area (Å²) in [6.45, 7) is 2.28. The number of benzene rings is 1. The summed E-state index contributed by atoms with van der Waals surface area (Å²) in [7, 11) is -3.78. The lowest BCUT2D eigenvalue weighted by Gasteiger charge is -2.29. The van der Waals surface area contributed by atoms with Gasteiger partial charge in [-0.05, 0) is 49.4 Å². The first kappa shape index (κ1) is 18.8. The summed E-state index contributed by atoms with van der Waals surface area (Å²) in [5.74, 6) is -2.09. The smallest absolute Gasteiger partial charge is 0.348 e. The Morgan fingerprint density at radius 2 is 2.12 bits per heavy atom. The highest BCUT2D eigenvalue weighted by molar-refractivity contribution is 7.89. The Balaban J connectivity index is 1.91. The molecule has 1 atom stereocenters. The first-order valence-corrected chi connectivity index (χ1v) is 10.5. The molecule has 3 rings (SSSR count). The summed E-state index contributed by atoms with van der Waals surface area (Å²) in [6.07, 6.45) is 0.998. The monoisotopic (exact) mass is 397 g/mol. The number of hydrogen-bond acceptors (Lipinski definition) is 6. The Morgan fingerprint density at radius 3 is 2.81 bits per heavy atom. The number of sulfonamides is 1. The molecule has 1 aromatic carbocycles. The number of aliphatic carboxylic acids is 1. The Hall–Kier alpha value is -1.97. The lowest BCUT2D eigenvalue weighted by atomic mass is 10.0. The molecule has 1 unspecified atom stereocenters. The largest absolute Gasteiger partial charge is 0.481 e. The van der Waals surface area contributed by atoms with Crippen molar-refractivity contribution < 1.29 is 27.9 Å². The number of rotatable bonds is 5. The first-order valence-electron chi connectivity index (χ1n) is 8.26. The second-order valence-corrected chi connectivity index (χ2v) is 9.09. The number of thiophene rings is 1. The summed E-state index contributed by atoms with van der Waals surface area (Å²) in [5.41, 5.74) is 0. The van der Waals surface area contributed by atoms with E-state index < -0.39 is 27.9 Å². The zero-order valence-electron chi connectivity index (χ0n) is 14.2. The highest BCUT2D eigenvalue weighted by atomic mass is 32.2. The quantitative estimate of drug-likeness (QED) is 0.778. The summed E-state index contributed by atoms with van der Waals surface area (Å²) in [6, 6.07) is 6.29. The molecule has 1 aromatic heterocycles. The Morgan fingerprint density at radius 1 is 1.35 bits per heavy atom. The maximum Gasteiger partial charge on any atom is 0.348 e. The fraction of sp³-hybridized carbons (Fsp3) is 0.412. The average Bonchev–Trinajstić information content (AvgIpc) is 3.05. The molecular weight excluding hydrogens is 378 g/mol. The van der Waals surface area contributed by atoms with E-state index in [1.54, 1.807) is 19.1 Å². The van der Waals surface area contributed by atoms with Crippen molar-refractivity contribution in [3.63, 3.8) is 0 Å². The second-order valence-electron chi connectivity index (χ2n) is 6.07. The van der Waals surface area contributed by atoms with E-state index in [-0.39, 0.29) is 18.0 Å². The lowest BCUT2D eigenvalue weighted by Crippen LogP contribution is -2.42. The zero-order chi connectivity index (χ0) is 18.9. The standard InChI is InChI=1S/C17H19NO6S2/c1-2-24-17(21)15-9-12-8-13(5-6-14(12)25-15)26(22,23)18-7-3-4-11(10-18)16(19)20/h5-6,8-9,11H,2-4,7,10H2,1H3,(H,19,20). The van der Waals surface area contributed by atoms with Crippen LogP contribution in [0.2, 0.25) is 0 Å². The van der Waals surface area contributed by atoms with Crippen molar-refractivity contribution >= 4 is 43.4 Å². The molecule has 0 amide bonds. The average molecular weight is 397 g/mol. The van der Waals surface area contributed by atoms with Gasteiger partial charge in [0.15, 0.2) is 0 Å². The molecule has 1 saturated heterocycles. The van der Waals surface area contributed by atoms with Gasteiger partial charge in [0.2, 0.25) is 10.0 Å². The fourth-order valence-corrected chi connectivity index (χ4v) is 5.49. The van der Waals surface area contributed by atoms with Crippen molar-refractivity contribution in [2.45, 2.75) is 24.7 Å². The van der Waals surface area contributed by atoms with Gasteiger partial charge in [-0.2, -0.15) is 4.31 Å². The number of hydrogen-bond donors (Lipinski definition) is 1. The van der Waals surface area contributed by atoms with E-state index in [1.165, 1.54) is 27.8 Å². The van der Waals surface area contributed by atoms with E-state index in [0.717, 1.165) is 4.70 Å². The molecule has 1 aliphatic heterocycles. The summed E-state index contributed by atoms with van der Waals surface area (Å²) in [5, 5.41) is 9.81. The van der Waals surface area contributed by atoms with Gasteiger partial charge in [0, 0.05) is 17.8 Å². The van der Waals surface area contributed by atoms with Gasteiger partial charge in [-0.3, -0.25) is 4.79 Å². The fourth-order valence-electron chi connectivity index (χ4n) is 3.00. The molecule has 0 aliphatic carbocycles. The van der Waals surface area contributed by atoms with Crippen LogP contribution in [0.4, 0.5) is 0 Å². The predicted octanol–water partition coefficient (Wildman–Crippen LogP) is 2.56. The molecule has 7 nitrogen and oxygen atoms in total. The SMILES string of the molecule is CCOC(=O)c1cc2cc(S(=O)(=O)N3CCCC(C(=O)O)C3)ccc2s1. The van der Waals surface area contributed by atoms with Crippen molar-refractivity contribution in [2.24, 2.45) is 5.92 Å². The van der Waals surface area contributed by atoms with Crippen LogP contribution < -0.4 is 0 Å². The first-order chi connectivity index (χ1) is 12.3. The Bertz CT molecular complexity index is 949. The predicted molar refractivity (Wildman–Crippen MR) is 96.9 cm³/mol. The highest BCUT2D eigenvalue weighted by Gasteiger charge is 2.33. The molecule has 0 bridgehead atoms. The molecule has 2 heterocycles. The molecule has 2 aromatic rings. The minimum absolute atomic E-state index is 0.0204. The zero-order valence-corrected chi connectivity index (χ0v) is 15.8. The van der Waals surface area contributed by atoms with Crippen LogP contribution in [-0.4, -0.2) is 49.5 Å². The van der Waals surface area contributed by atoms with Crippen LogP contribution in [0.25, 0.3) is 10.1 Å². The van der Waals surface area contributed by atoms with Crippen LogP contribution in [0.15, 0.2) is 29.2 Å². The molecule has 0 spiro atoms. The van der Waals surface area contributed by atoms with Crippen molar-refractivity contribution in [3.8, 4) is 0 Å². The van der Waals surface area contributed by atoms with Crippen LogP contribution in [0.3, 0.4) is 0 Å². The van der Waals surface area contributed by atoms with Crippen LogP contribution in [0.5, 0.6) is 0 Å². The highest BCUT2D eigenvalue weighted by Crippen LogP contribution is 2.30. The second kappa shape index (κ2) is 7.34. The maximum atomic E-state index is 12.9. The van der Waals surface area contributed by atoms with Gasteiger partial charge in [0.1, 0.15) is 4.88 Å². The van der Waals surface area contributed by atoms with E-state index in [4.69, 9.17) is 9.84 Å². The van der Waals surface area contributed by atoms with Crippen LogP contribution in [0, 0.1) is 5.92 Å². The third-order valence-corrected chi connectivity index (χ3v) is 7.29. The molecule has 1 N–H and O–H groups in total. The van der Waals surface area contributed by atoms with Crippen LogP contribution >= 0.6 is 11.3 Å². The molecule has 0 radical (unpaired) electrons. The molecule has 0 saturated carbocycles. The molecular formula is C17H19NO6S2. The van der Waals surface area contributed by atoms with E-state index in [9.17, 15) is 18.0 Å². The van der Waals surface area contributed by atoms with Crippen LogP contribution in [-0.2, 0) is 19.6 Å². The van der Waals surface area contributed by atoms with Crippen LogP contribution in [0.1, 0.15) is 29.4 Å². The Labute approximate surface area is 155 Å². The van der Waals surface area contributed by atoms with E-state index in [2.05, 4.69) is 0 Å².